The van der Waals surface area contributed by atoms with E-state index < -0.39 is 0 Å². The summed E-state index contributed by atoms with van der Waals surface area (Å²) in [5, 5.41) is 6.55. The molecule has 2 N–H and O–H groups in total. The normalized spacial score (nSPS) is 12.7. The third-order valence-corrected chi connectivity index (χ3v) is 6.83. The molecule has 6 nitrogen and oxygen atoms in total. The van der Waals surface area contributed by atoms with Crippen LogP contribution >= 0.6 is 23.6 Å². The minimum atomic E-state index is -0.346. The van der Waals surface area contributed by atoms with Gasteiger partial charge in [-0.15, -0.1) is 11.3 Å². The third-order valence-electron chi connectivity index (χ3n) is 5.42. The van der Waals surface area contributed by atoms with E-state index in [1.165, 1.54) is 21.8 Å². The molecule has 0 spiro atoms. The Kier molecular flexibility index (Phi) is 8.48. The predicted molar refractivity (Wildman–Crippen MR) is 137 cm³/mol. The highest BCUT2D eigenvalue weighted by Crippen LogP contribution is 2.39. The lowest BCUT2D eigenvalue weighted by Gasteiger charge is -2.19. The van der Waals surface area contributed by atoms with Gasteiger partial charge in [-0.25, -0.2) is 4.79 Å². The number of hydrogen-bond donors (Lipinski definition) is 2. The van der Waals surface area contributed by atoms with Crippen LogP contribution < -0.4 is 15.4 Å². The highest BCUT2D eigenvalue weighted by atomic mass is 32.1. The molecule has 3 rings (SSSR count). The molecule has 1 aliphatic carbocycles. The van der Waals surface area contributed by atoms with Crippen molar-refractivity contribution >= 4 is 45.5 Å². The fourth-order valence-corrected chi connectivity index (χ4v) is 5.27. The molecule has 1 aromatic heterocycles. The summed E-state index contributed by atoms with van der Waals surface area (Å²) in [4.78, 5) is 25.9. The lowest BCUT2D eigenvalue weighted by molar-refractivity contribution is -0.119. The van der Waals surface area contributed by atoms with Gasteiger partial charge in [-0.3, -0.25) is 4.79 Å². The number of anilines is 1. The average Bonchev–Trinajstić information content (AvgIpc) is 3.31. The molecule has 1 amide bonds. The van der Waals surface area contributed by atoms with E-state index in [-0.39, 0.29) is 28.8 Å². The molecule has 0 aliphatic heterocycles. The lowest BCUT2D eigenvalue weighted by Crippen LogP contribution is -2.34. The van der Waals surface area contributed by atoms with E-state index in [0.29, 0.717) is 30.2 Å². The summed E-state index contributed by atoms with van der Waals surface area (Å²) in [5.41, 5.74) is 2.94. The van der Waals surface area contributed by atoms with Crippen molar-refractivity contribution in [2.45, 2.75) is 65.2 Å². The number of amides is 1. The number of esters is 1. The molecular weight excluding hydrogens is 456 g/mol. The van der Waals surface area contributed by atoms with Crippen LogP contribution in [0.2, 0.25) is 0 Å². The molecule has 0 fully saturated rings. The molecule has 0 bridgehead atoms. The summed E-state index contributed by atoms with van der Waals surface area (Å²) >= 11 is 6.82. The first-order chi connectivity index (χ1) is 15.7. The molecule has 8 heteroatoms. The summed E-state index contributed by atoms with van der Waals surface area (Å²) < 4.78 is 11.0. The number of nitrogens with one attached hydrogen (secondary N) is 2. The zero-order chi connectivity index (χ0) is 24.0. The molecule has 1 heterocycles. The second-order valence-corrected chi connectivity index (χ2v) is 10.5. The van der Waals surface area contributed by atoms with E-state index in [9.17, 15) is 9.59 Å². The van der Waals surface area contributed by atoms with E-state index in [1.54, 1.807) is 6.92 Å². The summed E-state index contributed by atoms with van der Waals surface area (Å²) in [5.74, 6) is 0.250. The van der Waals surface area contributed by atoms with Gasteiger partial charge in [0.1, 0.15) is 10.8 Å². The quantitative estimate of drug-likeness (QED) is 0.295. The van der Waals surface area contributed by atoms with Crippen LogP contribution in [0, 0.1) is 0 Å². The molecule has 2 aromatic rings. The number of carbonyl (C=O) groups excluding carboxylic acids is 2. The third kappa shape index (κ3) is 6.77. The minimum Gasteiger partial charge on any atom is -0.494 e. The maximum atomic E-state index is 12.4. The summed E-state index contributed by atoms with van der Waals surface area (Å²) in [6.07, 6.45) is 3.70. The molecule has 33 heavy (non-hydrogen) atoms. The maximum absolute atomic E-state index is 12.4. The van der Waals surface area contributed by atoms with Crippen LogP contribution in [0.3, 0.4) is 0 Å². The molecule has 1 aromatic carbocycles. The highest BCUT2D eigenvalue weighted by molar-refractivity contribution is 7.80. The largest absolute Gasteiger partial charge is 0.494 e. The van der Waals surface area contributed by atoms with Gasteiger partial charge in [0.05, 0.1) is 18.8 Å². The second kappa shape index (κ2) is 11.1. The molecular formula is C25H32N2O4S2. The number of fused-ring (bicyclic) bond motifs is 1. The van der Waals surface area contributed by atoms with Gasteiger partial charge in [0, 0.05) is 11.3 Å². The molecule has 0 atom stereocenters. The van der Waals surface area contributed by atoms with Crippen LogP contribution in [0.25, 0.3) is 0 Å². The van der Waals surface area contributed by atoms with Crippen molar-refractivity contribution in [3.63, 3.8) is 0 Å². The highest BCUT2D eigenvalue weighted by Gasteiger charge is 2.28. The van der Waals surface area contributed by atoms with Crippen molar-refractivity contribution in [2.75, 3.05) is 18.5 Å². The molecule has 0 saturated heterocycles. The van der Waals surface area contributed by atoms with Crippen molar-refractivity contribution < 1.29 is 19.1 Å². The number of benzene rings is 1. The van der Waals surface area contributed by atoms with Crippen LogP contribution in [-0.2, 0) is 27.8 Å². The summed E-state index contributed by atoms with van der Waals surface area (Å²) in [6, 6.07) is 8.05. The van der Waals surface area contributed by atoms with Gasteiger partial charge in [-0.2, -0.15) is 0 Å². The van der Waals surface area contributed by atoms with Gasteiger partial charge in [-0.05, 0) is 73.5 Å². The van der Waals surface area contributed by atoms with Crippen molar-refractivity contribution in [1.29, 1.82) is 0 Å². The Morgan fingerprint density at radius 2 is 1.88 bits per heavy atom. The summed E-state index contributed by atoms with van der Waals surface area (Å²) in [7, 11) is 0. The fraction of sp³-hybridized carbons (Fsp3) is 0.480. The Labute approximate surface area is 205 Å². The molecule has 0 unspecified atom stereocenters. The van der Waals surface area contributed by atoms with Crippen LogP contribution in [0.4, 0.5) is 5.00 Å². The van der Waals surface area contributed by atoms with E-state index in [1.807, 2.05) is 12.1 Å². The molecule has 178 valence electrons. The number of aryl methyl sites for hydroxylation is 1. The van der Waals surface area contributed by atoms with Crippen molar-refractivity contribution in [3.05, 3.63) is 45.8 Å². The number of carbonyl (C=O) groups is 2. The SMILES string of the molecule is CCOC(=O)c1c(NC(=S)NC(=O)CCCOc2ccc(C(C)(C)C)cc2)sc2c1CCC2. The van der Waals surface area contributed by atoms with Crippen LogP contribution in [0.1, 0.15) is 73.3 Å². The van der Waals surface area contributed by atoms with Gasteiger partial charge in [0.15, 0.2) is 5.11 Å². The van der Waals surface area contributed by atoms with Crippen molar-refractivity contribution in [1.82, 2.24) is 5.32 Å². The molecule has 0 saturated carbocycles. The van der Waals surface area contributed by atoms with Crippen LogP contribution in [-0.4, -0.2) is 30.2 Å². The van der Waals surface area contributed by atoms with Crippen molar-refractivity contribution in [2.24, 2.45) is 0 Å². The van der Waals surface area contributed by atoms with Crippen LogP contribution in [0.15, 0.2) is 24.3 Å². The Hall–Kier alpha value is -2.45. The van der Waals surface area contributed by atoms with E-state index in [0.717, 1.165) is 30.6 Å². The summed E-state index contributed by atoms with van der Waals surface area (Å²) in [6.45, 7) is 9.05. The van der Waals surface area contributed by atoms with E-state index >= 15 is 0 Å². The Morgan fingerprint density at radius 1 is 1.15 bits per heavy atom. The van der Waals surface area contributed by atoms with Crippen molar-refractivity contribution in [3.8, 4) is 5.75 Å². The standard InChI is InChI=1S/C25H32N2O4S2/c1-5-30-23(29)21-18-8-6-9-19(18)33-22(21)27-24(32)26-20(28)10-7-15-31-17-13-11-16(12-14-17)25(2,3)4/h11-14H,5-10,15H2,1-4H3,(H2,26,27,28,32). The van der Waals surface area contributed by atoms with Crippen LogP contribution in [0.5, 0.6) is 5.75 Å². The number of thiocarbonyl (C=S) groups is 1. The zero-order valence-corrected chi connectivity index (χ0v) is 21.3. The number of rotatable bonds is 8. The smallest absolute Gasteiger partial charge is 0.341 e. The van der Waals surface area contributed by atoms with Gasteiger partial charge in [-0.1, -0.05) is 32.9 Å². The second-order valence-electron chi connectivity index (χ2n) is 9.01. The molecule has 0 radical (unpaired) electrons. The van der Waals surface area contributed by atoms with E-state index in [4.69, 9.17) is 21.7 Å². The Morgan fingerprint density at radius 3 is 2.55 bits per heavy atom. The Balaban J connectivity index is 1.45. The number of hydrogen-bond acceptors (Lipinski definition) is 6. The topological polar surface area (TPSA) is 76.7 Å². The van der Waals surface area contributed by atoms with E-state index in [2.05, 4.69) is 43.5 Å². The fourth-order valence-electron chi connectivity index (χ4n) is 3.71. The first-order valence-electron chi connectivity index (χ1n) is 11.3. The first-order valence-corrected chi connectivity index (χ1v) is 12.6. The van der Waals surface area contributed by atoms with Gasteiger partial charge < -0.3 is 20.1 Å². The van der Waals surface area contributed by atoms with Gasteiger partial charge in [0.25, 0.3) is 0 Å². The monoisotopic (exact) mass is 488 g/mol. The Bertz CT molecular complexity index is 1010. The predicted octanol–water partition coefficient (Wildman–Crippen LogP) is 5.38. The molecule has 1 aliphatic rings. The minimum absolute atomic E-state index is 0.101. The first kappa shape index (κ1) is 25.2. The average molecular weight is 489 g/mol. The maximum Gasteiger partial charge on any atom is 0.341 e. The number of thiophene rings is 1. The zero-order valence-electron chi connectivity index (χ0n) is 19.7. The number of ether oxygens (including phenoxy) is 2. The van der Waals surface area contributed by atoms with Gasteiger partial charge >= 0.3 is 5.97 Å². The lowest BCUT2D eigenvalue weighted by atomic mass is 9.87. The van der Waals surface area contributed by atoms with Gasteiger partial charge in [0.2, 0.25) is 5.91 Å².